The zero-order valence-electron chi connectivity index (χ0n) is 6.65. The Kier molecular flexibility index (Phi) is 3.77. The van der Waals surface area contributed by atoms with E-state index in [1.54, 1.807) is 6.08 Å². The van der Waals surface area contributed by atoms with Crippen LogP contribution in [-0.4, -0.2) is 15.8 Å². The van der Waals surface area contributed by atoms with Gasteiger partial charge in [0.1, 0.15) is 4.48 Å². The standard InChI is InChI=1S/C8H7Br3O2/c1-2-3-5-6(10)7(12)13-8(5,11)4-9/h2H,1,3-4H2. The number of carbonyl (C=O) groups excluding carboxylic acids is 1. The summed E-state index contributed by atoms with van der Waals surface area (Å²) in [5.41, 5.74) is 0.865. The van der Waals surface area contributed by atoms with E-state index in [-0.39, 0.29) is 5.97 Å². The average molecular weight is 375 g/mol. The Morgan fingerprint density at radius 2 is 2.23 bits per heavy atom. The lowest BCUT2D eigenvalue weighted by atomic mass is 10.1. The number of hydrogen-bond donors (Lipinski definition) is 0. The van der Waals surface area contributed by atoms with Gasteiger partial charge in [0.25, 0.3) is 0 Å². The molecular weight excluding hydrogens is 368 g/mol. The summed E-state index contributed by atoms with van der Waals surface area (Å²) in [6, 6.07) is 0. The summed E-state index contributed by atoms with van der Waals surface area (Å²) in [6.45, 7) is 3.63. The smallest absolute Gasteiger partial charge is 0.347 e. The van der Waals surface area contributed by atoms with Crippen molar-refractivity contribution in [3.63, 3.8) is 0 Å². The third kappa shape index (κ3) is 2.07. The number of carbonyl (C=O) groups is 1. The SMILES string of the molecule is C=CCC1=C(Br)C(=O)OC1(Br)CBr. The number of allylic oxidation sites excluding steroid dienone is 1. The van der Waals surface area contributed by atoms with Gasteiger partial charge in [0.05, 0.1) is 5.33 Å². The van der Waals surface area contributed by atoms with Crippen LogP contribution in [0.15, 0.2) is 22.7 Å². The van der Waals surface area contributed by atoms with E-state index in [1.807, 2.05) is 0 Å². The molecule has 0 saturated heterocycles. The second kappa shape index (κ2) is 4.28. The number of ether oxygens (including phenoxy) is 1. The van der Waals surface area contributed by atoms with Gasteiger partial charge >= 0.3 is 5.97 Å². The molecule has 1 aliphatic rings. The minimum Gasteiger partial charge on any atom is -0.438 e. The van der Waals surface area contributed by atoms with Crippen LogP contribution in [-0.2, 0) is 9.53 Å². The van der Waals surface area contributed by atoms with Crippen LogP contribution in [0.1, 0.15) is 6.42 Å². The molecule has 1 heterocycles. The highest BCUT2D eigenvalue weighted by atomic mass is 79.9. The Morgan fingerprint density at radius 1 is 1.62 bits per heavy atom. The molecule has 0 N–H and O–H groups in total. The van der Waals surface area contributed by atoms with Crippen molar-refractivity contribution < 1.29 is 9.53 Å². The number of halogens is 3. The number of alkyl halides is 2. The van der Waals surface area contributed by atoms with Gasteiger partial charge in [-0.2, -0.15) is 0 Å². The molecule has 1 atom stereocenters. The van der Waals surface area contributed by atoms with Gasteiger partial charge in [-0.05, 0) is 38.3 Å². The lowest BCUT2D eigenvalue weighted by Crippen LogP contribution is -2.25. The molecule has 1 rings (SSSR count). The highest BCUT2D eigenvalue weighted by molar-refractivity contribution is 9.13. The highest BCUT2D eigenvalue weighted by Gasteiger charge is 2.43. The first-order chi connectivity index (χ1) is 6.05. The number of cyclic esters (lactones) is 1. The van der Waals surface area contributed by atoms with Gasteiger partial charge in [-0.25, -0.2) is 4.79 Å². The maximum atomic E-state index is 11.2. The Morgan fingerprint density at radius 3 is 2.69 bits per heavy atom. The molecule has 13 heavy (non-hydrogen) atoms. The van der Waals surface area contributed by atoms with Crippen LogP contribution in [0.25, 0.3) is 0 Å². The minimum absolute atomic E-state index is 0.340. The second-order valence-electron chi connectivity index (χ2n) is 2.54. The first kappa shape index (κ1) is 11.5. The molecule has 0 aromatic carbocycles. The highest BCUT2D eigenvalue weighted by Crippen LogP contribution is 2.43. The molecule has 0 bridgehead atoms. The van der Waals surface area contributed by atoms with Crippen molar-refractivity contribution >= 4 is 53.8 Å². The van der Waals surface area contributed by atoms with E-state index in [9.17, 15) is 4.79 Å². The van der Waals surface area contributed by atoms with E-state index in [0.717, 1.165) is 5.57 Å². The van der Waals surface area contributed by atoms with Gasteiger partial charge in [-0.3, -0.25) is 0 Å². The zero-order chi connectivity index (χ0) is 10.1. The summed E-state index contributed by atoms with van der Waals surface area (Å²) in [5.74, 6) is -0.340. The molecule has 1 aliphatic heterocycles. The molecule has 0 amide bonds. The molecule has 0 saturated carbocycles. The zero-order valence-corrected chi connectivity index (χ0v) is 11.4. The van der Waals surface area contributed by atoms with E-state index in [2.05, 4.69) is 54.4 Å². The first-order valence-corrected chi connectivity index (χ1v) is 6.24. The van der Waals surface area contributed by atoms with Crippen molar-refractivity contribution in [1.29, 1.82) is 0 Å². The summed E-state index contributed by atoms with van der Waals surface area (Å²) in [4.78, 5) is 11.2. The predicted molar refractivity (Wildman–Crippen MR) is 62.3 cm³/mol. The molecule has 0 fully saturated rings. The summed E-state index contributed by atoms with van der Waals surface area (Å²) in [6.07, 6.45) is 2.35. The molecule has 0 spiro atoms. The van der Waals surface area contributed by atoms with Gasteiger partial charge in [0.2, 0.25) is 0 Å². The number of esters is 1. The molecule has 0 aromatic rings. The number of hydrogen-bond acceptors (Lipinski definition) is 2. The maximum Gasteiger partial charge on any atom is 0.347 e. The van der Waals surface area contributed by atoms with Crippen LogP contribution < -0.4 is 0 Å². The van der Waals surface area contributed by atoms with Crippen molar-refractivity contribution in [2.75, 3.05) is 5.33 Å². The van der Waals surface area contributed by atoms with E-state index in [1.165, 1.54) is 0 Å². The lowest BCUT2D eigenvalue weighted by Gasteiger charge is -2.20. The third-order valence-corrected chi connectivity index (χ3v) is 4.93. The molecule has 1 unspecified atom stereocenters. The monoisotopic (exact) mass is 372 g/mol. The second-order valence-corrected chi connectivity index (χ2v) is 5.17. The van der Waals surface area contributed by atoms with Crippen LogP contribution in [0, 0.1) is 0 Å². The van der Waals surface area contributed by atoms with Crippen LogP contribution >= 0.6 is 47.8 Å². The van der Waals surface area contributed by atoms with Crippen LogP contribution in [0.5, 0.6) is 0 Å². The lowest BCUT2D eigenvalue weighted by molar-refractivity contribution is -0.139. The van der Waals surface area contributed by atoms with Gasteiger partial charge in [-0.1, -0.05) is 22.0 Å². The van der Waals surface area contributed by atoms with E-state index in [0.29, 0.717) is 16.2 Å². The van der Waals surface area contributed by atoms with Gasteiger partial charge in [0.15, 0.2) is 4.51 Å². The Bertz CT molecular complexity index is 285. The van der Waals surface area contributed by atoms with Crippen molar-refractivity contribution in [3.8, 4) is 0 Å². The number of rotatable bonds is 3. The summed E-state index contributed by atoms with van der Waals surface area (Å²) >= 11 is 9.85. The van der Waals surface area contributed by atoms with E-state index < -0.39 is 4.51 Å². The van der Waals surface area contributed by atoms with E-state index >= 15 is 0 Å². The Labute approximate surface area is 102 Å². The van der Waals surface area contributed by atoms with Crippen molar-refractivity contribution in [2.45, 2.75) is 10.9 Å². The summed E-state index contributed by atoms with van der Waals surface area (Å²) in [5, 5.41) is 0.518. The third-order valence-electron chi connectivity index (χ3n) is 1.67. The molecule has 0 radical (unpaired) electrons. The van der Waals surface area contributed by atoms with Gasteiger partial charge in [-0.15, -0.1) is 6.58 Å². The van der Waals surface area contributed by atoms with Crippen LogP contribution in [0.3, 0.4) is 0 Å². The average Bonchev–Trinajstić information content (AvgIpc) is 2.31. The van der Waals surface area contributed by atoms with Crippen molar-refractivity contribution in [2.24, 2.45) is 0 Å². The molecule has 72 valence electrons. The first-order valence-electron chi connectivity index (χ1n) is 3.53. The van der Waals surface area contributed by atoms with Gasteiger partial charge < -0.3 is 4.74 Å². The fourth-order valence-corrected chi connectivity index (χ4v) is 2.82. The summed E-state index contributed by atoms with van der Waals surface area (Å²) in [7, 11) is 0. The normalized spacial score (nSPS) is 27.8. The summed E-state index contributed by atoms with van der Waals surface area (Å²) < 4.78 is 4.92. The van der Waals surface area contributed by atoms with Gasteiger partial charge in [0, 0.05) is 5.57 Å². The topological polar surface area (TPSA) is 26.3 Å². The Hall–Kier alpha value is 0.390. The largest absolute Gasteiger partial charge is 0.438 e. The van der Waals surface area contributed by atoms with Crippen molar-refractivity contribution in [3.05, 3.63) is 22.7 Å². The Balaban J connectivity index is 3.05. The molecule has 0 aromatic heterocycles. The predicted octanol–water partition coefficient (Wildman–Crippen LogP) is 3.25. The van der Waals surface area contributed by atoms with Crippen LogP contribution in [0.4, 0.5) is 0 Å². The minimum atomic E-state index is -0.711. The fraction of sp³-hybridized carbons (Fsp3) is 0.375. The maximum absolute atomic E-state index is 11.2. The fourth-order valence-electron chi connectivity index (χ4n) is 1.03. The quantitative estimate of drug-likeness (QED) is 0.430. The van der Waals surface area contributed by atoms with E-state index in [4.69, 9.17) is 4.74 Å². The molecule has 0 aliphatic carbocycles. The molecule has 5 heteroatoms. The molecule has 2 nitrogen and oxygen atoms in total. The van der Waals surface area contributed by atoms with Crippen molar-refractivity contribution in [1.82, 2.24) is 0 Å². The molecular formula is C8H7Br3O2. The van der Waals surface area contributed by atoms with Crippen LogP contribution in [0.2, 0.25) is 0 Å².